The lowest BCUT2D eigenvalue weighted by molar-refractivity contribution is 0.410. The number of para-hydroxylation sites is 2. The largest absolute Gasteiger partial charge is 0.494 e. The first kappa shape index (κ1) is 12.6. The van der Waals surface area contributed by atoms with E-state index in [1.807, 2.05) is 31.2 Å². The highest BCUT2D eigenvalue weighted by molar-refractivity contribution is 7.99. The van der Waals surface area contributed by atoms with Gasteiger partial charge in [-0.2, -0.15) is 4.68 Å². The van der Waals surface area contributed by atoms with E-state index in [1.54, 1.807) is 23.6 Å². The van der Waals surface area contributed by atoms with Gasteiger partial charge in [-0.05, 0) is 29.5 Å². The lowest BCUT2D eigenvalue weighted by atomic mass is 10.3. The maximum Gasteiger partial charge on any atom is 0.214 e. The Morgan fingerprint density at radius 2 is 2.22 bits per heavy atom. The molecule has 2 rings (SSSR count). The molecular weight excluding hydrogens is 248 g/mol. The Hall–Kier alpha value is -1.82. The number of benzene rings is 1. The molecule has 0 saturated carbocycles. The molecule has 0 bridgehead atoms. The lowest BCUT2D eigenvalue weighted by Crippen LogP contribution is -2.02. The number of tetrazole rings is 1. The van der Waals surface area contributed by atoms with Gasteiger partial charge in [0.1, 0.15) is 11.4 Å². The maximum atomic E-state index is 5.31. The molecule has 0 fully saturated rings. The summed E-state index contributed by atoms with van der Waals surface area (Å²) in [6.07, 6.45) is 0. The second kappa shape index (κ2) is 5.68. The van der Waals surface area contributed by atoms with E-state index >= 15 is 0 Å². The zero-order valence-corrected chi connectivity index (χ0v) is 11.1. The quantitative estimate of drug-likeness (QED) is 0.611. The van der Waals surface area contributed by atoms with E-state index in [9.17, 15) is 0 Å². The van der Waals surface area contributed by atoms with Gasteiger partial charge in [0.2, 0.25) is 5.16 Å². The van der Waals surface area contributed by atoms with Gasteiger partial charge in [-0.3, -0.25) is 0 Å². The molecule has 0 saturated heterocycles. The fourth-order valence-electron chi connectivity index (χ4n) is 1.41. The molecule has 0 amide bonds. The van der Waals surface area contributed by atoms with Crippen molar-refractivity contribution in [3.63, 3.8) is 0 Å². The molecule has 2 aromatic rings. The minimum absolute atomic E-state index is 0.725. The van der Waals surface area contributed by atoms with E-state index in [-0.39, 0.29) is 0 Å². The van der Waals surface area contributed by atoms with Crippen LogP contribution in [0.5, 0.6) is 5.75 Å². The van der Waals surface area contributed by atoms with Crippen LogP contribution >= 0.6 is 11.8 Å². The smallest absolute Gasteiger partial charge is 0.214 e. The summed E-state index contributed by atoms with van der Waals surface area (Å²) in [5, 5.41) is 12.4. The Balaban J connectivity index is 2.33. The molecule has 0 radical (unpaired) electrons. The number of aromatic nitrogens is 4. The van der Waals surface area contributed by atoms with Gasteiger partial charge in [0.05, 0.1) is 7.11 Å². The van der Waals surface area contributed by atoms with Gasteiger partial charge in [0.15, 0.2) is 0 Å². The molecule has 0 aliphatic carbocycles. The molecule has 0 spiro atoms. The molecular formula is C12H14N4OS. The number of hydrogen-bond acceptors (Lipinski definition) is 5. The highest BCUT2D eigenvalue weighted by atomic mass is 32.2. The van der Waals surface area contributed by atoms with E-state index < -0.39 is 0 Å². The standard InChI is InChI=1S/C12H14N4OS/c1-9(2)8-18-12-13-14-15-16(12)10-6-4-5-7-11(10)17-3/h4-7H,1,8H2,2-3H3. The number of rotatable bonds is 5. The first-order valence-electron chi connectivity index (χ1n) is 5.41. The fourth-order valence-corrected chi connectivity index (χ4v) is 2.14. The Bertz CT molecular complexity index is 553. The molecule has 5 nitrogen and oxygen atoms in total. The SMILES string of the molecule is C=C(C)CSc1nnnn1-c1ccccc1OC. The zero-order valence-electron chi connectivity index (χ0n) is 10.3. The fraction of sp³-hybridized carbons (Fsp3) is 0.250. The lowest BCUT2D eigenvalue weighted by Gasteiger charge is -2.08. The van der Waals surface area contributed by atoms with E-state index in [4.69, 9.17) is 4.74 Å². The van der Waals surface area contributed by atoms with Crippen LogP contribution in [-0.2, 0) is 0 Å². The predicted molar refractivity (Wildman–Crippen MR) is 71.2 cm³/mol. The van der Waals surface area contributed by atoms with Crippen molar-refractivity contribution in [3.8, 4) is 11.4 Å². The third kappa shape index (κ3) is 2.70. The molecule has 94 valence electrons. The van der Waals surface area contributed by atoms with Gasteiger partial charge in [-0.1, -0.05) is 36.0 Å². The summed E-state index contributed by atoms with van der Waals surface area (Å²) in [6.45, 7) is 5.84. The summed E-state index contributed by atoms with van der Waals surface area (Å²) in [5.74, 6) is 1.53. The number of nitrogens with zero attached hydrogens (tertiary/aromatic N) is 4. The normalized spacial score (nSPS) is 10.3. The van der Waals surface area contributed by atoms with E-state index in [1.165, 1.54) is 0 Å². The Labute approximate surface area is 110 Å². The van der Waals surface area contributed by atoms with Crippen molar-refractivity contribution < 1.29 is 4.74 Å². The molecule has 0 atom stereocenters. The summed E-state index contributed by atoms with van der Waals surface area (Å²) in [7, 11) is 1.63. The molecule has 0 N–H and O–H groups in total. The maximum absolute atomic E-state index is 5.31. The number of thioether (sulfide) groups is 1. The van der Waals surface area contributed by atoms with Crippen LogP contribution in [0.4, 0.5) is 0 Å². The van der Waals surface area contributed by atoms with Gasteiger partial charge in [0.25, 0.3) is 0 Å². The molecule has 0 aliphatic heterocycles. The van der Waals surface area contributed by atoms with Gasteiger partial charge in [-0.15, -0.1) is 5.10 Å². The highest BCUT2D eigenvalue weighted by Gasteiger charge is 2.12. The number of methoxy groups -OCH3 is 1. The van der Waals surface area contributed by atoms with Crippen LogP contribution < -0.4 is 4.74 Å². The third-order valence-corrected chi connectivity index (χ3v) is 3.35. The molecule has 1 heterocycles. The number of hydrogen-bond donors (Lipinski definition) is 0. The van der Waals surface area contributed by atoms with Crippen molar-refractivity contribution in [1.82, 2.24) is 20.2 Å². The first-order valence-corrected chi connectivity index (χ1v) is 6.40. The van der Waals surface area contributed by atoms with E-state index in [0.29, 0.717) is 0 Å². The van der Waals surface area contributed by atoms with Gasteiger partial charge < -0.3 is 4.74 Å². The van der Waals surface area contributed by atoms with Crippen molar-refractivity contribution in [1.29, 1.82) is 0 Å². The van der Waals surface area contributed by atoms with Gasteiger partial charge in [-0.25, -0.2) is 0 Å². The van der Waals surface area contributed by atoms with Crippen molar-refractivity contribution >= 4 is 11.8 Å². The minimum atomic E-state index is 0.725. The van der Waals surface area contributed by atoms with Crippen LogP contribution in [0.25, 0.3) is 5.69 Å². The zero-order chi connectivity index (χ0) is 13.0. The van der Waals surface area contributed by atoms with Crippen LogP contribution in [-0.4, -0.2) is 33.1 Å². The molecule has 6 heteroatoms. The van der Waals surface area contributed by atoms with Crippen molar-refractivity contribution in [3.05, 3.63) is 36.4 Å². The monoisotopic (exact) mass is 262 g/mol. The van der Waals surface area contributed by atoms with Crippen LogP contribution in [0.3, 0.4) is 0 Å². The van der Waals surface area contributed by atoms with Crippen LogP contribution in [0, 0.1) is 0 Å². The summed E-state index contributed by atoms with van der Waals surface area (Å²) in [4.78, 5) is 0. The molecule has 1 aromatic carbocycles. The third-order valence-electron chi connectivity index (χ3n) is 2.20. The topological polar surface area (TPSA) is 52.8 Å². The highest BCUT2D eigenvalue weighted by Crippen LogP contribution is 2.25. The Morgan fingerprint density at radius 1 is 1.44 bits per heavy atom. The Morgan fingerprint density at radius 3 is 2.94 bits per heavy atom. The summed E-state index contributed by atoms with van der Waals surface area (Å²) in [5.41, 5.74) is 1.91. The summed E-state index contributed by atoms with van der Waals surface area (Å²) >= 11 is 1.55. The van der Waals surface area contributed by atoms with Crippen molar-refractivity contribution in [2.45, 2.75) is 12.1 Å². The molecule has 1 aromatic heterocycles. The van der Waals surface area contributed by atoms with Gasteiger partial charge >= 0.3 is 0 Å². The number of ether oxygens (including phenoxy) is 1. The van der Waals surface area contributed by atoms with E-state index in [2.05, 4.69) is 22.1 Å². The summed E-state index contributed by atoms with van der Waals surface area (Å²) < 4.78 is 6.98. The first-order chi connectivity index (χ1) is 8.72. The minimum Gasteiger partial charge on any atom is -0.494 e. The second-order valence-corrected chi connectivity index (χ2v) is 4.73. The Kier molecular flexibility index (Phi) is 3.99. The van der Waals surface area contributed by atoms with Crippen molar-refractivity contribution in [2.75, 3.05) is 12.9 Å². The molecule has 0 unspecified atom stereocenters. The molecule has 0 aliphatic rings. The second-order valence-electron chi connectivity index (χ2n) is 3.79. The van der Waals surface area contributed by atoms with Gasteiger partial charge in [0, 0.05) is 5.75 Å². The predicted octanol–water partition coefficient (Wildman–Crippen LogP) is 2.34. The average Bonchev–Trinajstić information content (AvgIpc) is 2.84. The van der Waals surface area contributed by atoms with E-state index in [0.717, 1.165) is 27.9 Å². The summed E-state index contributed by atoms with van der Waals surface area (Å²) in [6, 6.07) is 7.63. The van der Waals surface area contributed by atoms with Crippen LogP contribution in [0.1, 0.15) is 6.92 Å². The van der Waals surface area contributed by atoms with Crippen LogP contribution in [0.15, 0.2) is 41.6 Å². The van der Waals surface area contributed by atoms with Crippen LogP contribution in [0.2, 0.25) is 0 Å². The molecule has 18 heavy (non-hydrogen) atoms. The average molecular weight is 262 g/mol. The van der Waals surface area contributed by atoms with Crippen molar-refractivity contribution in [2.24, 2.45) is 0 Å².